The van der Waals surface area contributed by atoms with E-state index in [0.29, 0.717) is 5.75 Å². The van der Waals surface area contributed by atoms with Crippen LogP contribution in [0.1, 0.15) is 0 Å². The molecule has 0 atom stereocenters. The van der Waals surface area contributed by atoms with Gasteiger partial charge >= 0.3 is 0 Å². The molecule has 0 aromatic heterocycles. The number of nitrogen functional groups attached to an aromatic ring is 1. The number of nitrogens with two attached hydrogens (primary N) is 1. The van der Waals surface area contributed by atoms with Gasteiger partial charge in [-0.3, -0.25) is 4.79 Å². The quantitative estimate of drug-likeness (QED) is 0.640. The van der Waals surface area contributed by atoms with Crippen molar-refractivity contribution >= 4 is 5.69 Å². The summed E-state index contributed by atoms with van der Waals surface area (Å²) >= 11 is 0. The number of ether oxygens (including phenoxy) is 1. The molecule has 1 aromatic rings. The highest BCUT2D eigenvalue weighted by Crippen LogP contribution is 2.05. The molecule has 0 bridgehead atoms. The van der Waals surface area contributed by atoms with Crippen LogP contribution in [-0.4, -0.2) is 7.11 Å². The Hall–Kier alpha value is -1.51. The van der Waals surface area contributed by atoms with Crippen molar-refractivity contribution in [3.63, 3.8) is 0 Å². The molecule has 0 spiro atoms. The second kappa shape index (κ2) is 3.05. The standard InChI is InChI=1S/C8H9NO2/c1-11-6-2-4-7(9)8(10)5-3-6/h2-5H,1H3,(H2,9,10). The van der Waals surface area contributed by atoms with Gasteiger partial charge in [-0.1, -0.05) is 0 Å². The summed E-state index contributed by atoms with van der Waals surface area (Å²) in [6.45, 7) is 0. The smallest absolute Gasteiger partial charge is 0.201 e. The lowest BCUT2D eigenvalue weighted by Crippen LogP contribution is -2.01. The molecule has 0 aliphatic heterocycles. The summed E-state index contributed by atoms with van der Waals surface area (Å²) in [7, 11) is 1.54. The molecule has 0 amide bonds. The molecule has 0 unspecified atom stereocenters. The van der Waals surface area contributed by atoms with Gasteiger partial charge in [0.1, 0.15) is 5.75 Å². The van der Waals surface area contributed by atoms with Gasteiger partial charge in [-0.25, -0.2) is 0 Å². The zero-order chi connectivity index (χ0) is 8.27. The van der Waals surface area contributed by atoms with Crippen LogP contribution >= 0.6 is 0 Å². The molecule has 0 aliphatic rings. The maximum absolute atomic E-state index is 10.9. The minimum absolute atomic E-state index is 0.187. The topological polar surface area (TPSA) is 52.3 Å². The first-order valence-electron chi connectivity index (χ1n) is 3.18. The predicted molar refractivity (Wildman–Crippen MR) is 43.7 cm³/mol. The van der Waals surface area contributed by atoms with Crippen LogP contribution in [0.25, 0.3) is 0 Å². The van der Waals surface area contributed by atoms with Gasteiger partial charge in [0.15, 0.2) is 0 Å². The van der Waals surface area contributed by atoms with Gasteiger partial charge in [-0.15, -0.1) is 0 Å². The Balaban J connectivity index is 3.28. The fourth-order valence-electron chi connectivity index (χ4n) is 0.700. The molecule has 0 heterocycles. The van der Waals surface area contributed by atoms with Crippen molar-refractivity contribution in [1.82, 2.24) is 0 Å². The van der Waals surface area contributed by atoms with E-state index in [-0.39, 0.29) is 11.1 Å². The molecule has 0 saturated carbocycles. The highest BCUT2D eigenvalue weighted by molar-refractivity contribution is 5.38. The lowest BCUT2D eigenvalue weighted by Gasteiger charge is -1.90. The van der Waals surface area contributed by atoms with Crippen LogP contribution in [-0.2, 0) is 0 Å². The number of hydrogen-bond donors (Lipinski definition) is 1. The molecule has 58 valence electrons. The zero-order valence-corrected chi connectivity index (χ0v) is 6.20. The van der Waals surface area contributed by atoms with E-state index in [1.54, 1.807) is 12.1 Å². The summed E-state index contributed by atoms with van der Waals surface area (Å²) in [5.41, 5.74) is 5.40. The highest BCUT2D eigenvalue weighted by Gasteiger charge is 1.90. The number of anilines is 1. The van der Waals surface area contributed by atoms with Crippen LogP contribution in [0.3, 0.4) is 0 Å². The normalized spacial score (nSPS) is 9.18. The number of rotatable bonds is 1. The molecule has 0 aliphatic carbocycles. The maximum Gasteiger partial charge on any atom is 0.201 e. The van der Waals surface area contributed by atoms with E-state index in [9.17, 15) is 4.79 Å². The van der Waals surface area contributed by atoms with Crippen molar-refractivity contribution in [2.75, 3.05) is 12.8 Å². The van der Waals surface area contributed by atoms with E-state index in [1.807, 2.05) is 0 Å². The van der Waals surface area contributed by atoms with Crippen LogP contribution in [0.2, 0.25) is 0 Å². The SMILES string of the molecule is COc1ccc(N)c(=O)cc1. The van der Waals surface area contributed by atoms with Gasteiger partial charge < -0.3 is 10.5 Å². The number of methoxy groups -OCH3 is 1. The van der Waals surface area contributed by atoms with Gasteiger partial charge in [0.05, 0.1) is 12.8 Å². The van der Waals surface area contributed by atoms with E-state index in [1.165, 1.54) is 19.2 Å². The van der Waals surface area contributed by atoms with Crippen LogP contribution in [0, 0.1) is 0 Å². The fraction of sp³-hybridized carbons (Fsp3) is 0.125. The van der Waals surface area contributed by atoms with Crippen LogP contribution < -0.4 is 15.9 Å². The van der Waals surface area contributed by atoms with Gasteiger partial charge in [0.2, 0.25) is 5.43 Å². The predicted octanol–water partition coefficient (Wildman–Crippen LogP) is 0.638. The zero-order valence-electron chi connectivity index (χ0n) is 6.20. The van der Waals surface area contributed by atoms with E-state index in [0.717, 1.165) is 0 Å². The Kier molecular flexibility index (Phi) is 2.11. The molecular weight excluding hydrogens is 142 g/mol. The molecule has 3 heteroatoms. The van der Waals surface area contributed by atoms with Gasteiger partial charge in [-0.2, -0.15) is 0 Å². The monoisotopic (exact) mass is 151 g/mol. The molecule has 0 radical (unpaired) electrons. The Labute approximate surface area is 64.4 Å². The molecule has 3 nitrogen and oxygen atoms in total. The van der Waals surface area contributed by atoms with Crippen molar-refractivity contribution < 1.29 is 4.74 Å². The van der Waals surface area contributed by atoms with Crippen molar-refractivity contribution in [3.8, 4) is 5.75 Å². The highest BCUT2D eigenvalue weighted by atomic mass is 16.5. The van der Waals surface area contributed by atoms with Gasteiger partial charge in [0.25, 0.3) is 0 Å². The van der Waals surface area contributed by atoms with Crippen LogP contribution in [0.5, 0.6) is 5.75 Å². The lowest BCUT2D eigenvalue weighted by molar-refractivity contribution is 0.415. The third kappa shape index (κ3) is 1.70. The average Bonchev–Trinajstić information content (AvgIpc) is 2.16. The summed E-state index contributed by atoms with van der Waals surface area (Å²) in [5, 5.41) is 0. The molecule has 0 fully saturated rings. The summed E-state index contributed by atoms with van der Waals surface area (Å²) in [4.78, 5) is 10.9. The summed E-state index contributed by atoms with van der Waals surface area (Å²) in [6.07, 6.45) is 0. The second-order valence-corrected chi connectivity index (χ2v) is 2.09. The maximum atomic E-state index is 10.9. The fourth-order valence-corrected chi connectivity index (χ4v) is 0.700. The minimum Gasteiger partial charge on any atom is -0.497 e. The Morgan fingerprint density at radius 2 is 1.91 bits per heavy atom. The Morgan fingerprint density at radius 1 is 1.27 bits per heavy atom. The van der Waals surface area contributed by atoms with E-state index < -0.39 is 0 Å². The summed E-state index contributed by atoms with van der Waals surface area (Å²) in [5.74, 6) is 0.624. The first-order chi connectivity index (χ1) is 5.24. The molecule has 1 rings (SSSR count). The molecular formula is C8H9NO2. The molecule has 1 aromatic carbocycles. The third-order valence-electron chi connectivity index (χ3n) is 1.35. The van der Waals surface area contributed by atoms with E-state index in [2.05, 4.69) is 0 Å². The molecule has 11 heavy (non-hydrogen) atoms. The summed E-state index contributed by atoms with van der Waals surface area (Å²) in [6, 6.07) is 6.14. The van der Waals surface area contributed by atoms with E-state index in [4.69, 9.17) is 10.5 Å². The Bertz CT molecular complexity index is 309. The minimum atomic E-state index is -0.187. The largest absolute Gasteiger partial charge is 0.497 e. The van der Waals surface area contributed by atoms with Crippen LogP contribution in [0.4, 0.5) is 5.69 Å². The molecule has 0 saturated heterocycles. The number of hydrogen-bond acceptors (Lipinski definition) is 3. The second-order valence-electron chi connectivity index (χ2n) is 2.09. The van der Waals surface area contributed by atoms with E-state index >= 15 is 0 Å². The first-order valence-corrected chi connectivity index (χ1v) is 3.18. The van der Waals surface area contributed by atoms with Crippen molar-refractivity contribution in [3.05, 3.63) is 34.5 Å². The van der Waals surface area contributed by atoms with Crippen molar-refractivity contribution in [2.24, 2.45) is 0 Å². The van der Waals surface area contributed by atoms with Gasteiger partial charge in [0, 0.05) is 0 Å². The lowest BCUT2D eigenvalue weighted by atomic mass is 10.4. The summed E-state index contributed by atoms with van der Waals surface area (Å²) < 4.78 is 4.89. The van der Waals surface area contributed by atoms with Crippen molar-refractivity contribution in [2.45, 2.75) is 0 Å². The third-order valence-corrected chi connectivity index (χ3v) is 1.35. The van der Waals surface area contributed by atoms with Crippen molar-refractivity contribution in [1.29, 1.82) is 0 Å². The Morgan fingerprint density at radius 3 is 2.55 bits per heavy atom. The average molecular weight is 151 g/mol. The van der Waals surface area contributed by atoms with Crippen LogP contribution in [0.15, 0.2) is 29.1 Å². The molecule has 2 N–H and O–H groups in total. The first kappa shape index (κ1) is 7.60. The van der Waals surface area contributed by atoms with Gasteiger partial charge in [-0.05, 0) is 24.3 Å².